The van der Waals surface area contributed by atoms with Gasteiger partial charge in [0.1, 0.15) is 0 Å². The third-order valence-electron chi connectivity index (χ3n) is 3.50. The molecule has 0 unspecified atom stereocenters. The minimum absolute atomic E-state index is 0.0319. The molecule has 98 valence electrons. The average molecular weight is 267 g/mol. The molecule has 2 rings (SSSR count). The molecule has 0 saturated heterocycles. The Kier molecular flexibility index (Phi) is 4.59. The Bertz CT molecular complexity index is 397. The van der Waals surface area contributed by atoms with Crippen molar-refractivity contribution in [2.75, 3.05) is 6.54 Å². The molecule has 1 aliphatic carbocycles. The van der Waals surface area contributed by atoms with Gasteiger partial charge in [0.05, 0.1) is 5.56 Å². The van der Waals surface area contributed by atoms with Gasteiger partial charge in [-0.05, 0) is 50.7 Å². The molecule has 0 spiro atoms. The summed E-state index contributed by atoms with van der Waals surface area (Å²) < 4.78 is 0. The van der Waals surface area contributed by atoms with Crippen LogP contribution in [0.15, 0.2) is 18.3 Å². The number of nitrogens with zero attached hydrogens (tertiary/aromatic N) is 1. The molecule has 0 aliphatic heterocycles. The molecule has 1 heterocycles. The van der Waals surface area contributed by atoms with Crippen molar-refractivity contribution in [1.29, 1.82) is 0 Å². The number of amides is 1. The molecule has 4 heteroatoms. The lowest BCUT2D eigenvalue weighted by Crippen LogP contribution is -2.31. The van der Waals surface area contributed by atoms with Gasteiger partial charge in [-0.3, -0.25) is 9.78 Å². The number of alkyl halides is 1. The lowest BCUT2D eigenvalue weighted by Gasteiger charge is -2.25. The first-order chi connectivity index (χ1) is 8.65. The molecule has 1 N–H and O–H groups in total. The molecule has 0 atom stereocenters. The van der Waals surface area contributed by atoms with Crippen LogP contribution in [0.5, 0.6) is 0 Å². The van der Waals surface area contributed by atoms with Crippen LogP contribution in [0.3, 0.4) is 0 Å². The fraction of sp³-hybridized carbons (Fsp3) is 0.571. The maximum atomic E-state index is 11.9. The Balaban J connectivity index is 1.79. The maximum absolute atomic E-state index is 11.9. The summed E-state index contributed by atoms with van der Waals surface area (Å²) in [6.07, 6.45) is 5.98. The molecule has 1 aliphatic rings. The highest BCUT2D eigenvalue weighted by molar-refractivity contribution is 6.20. The number of hydrogen-bond donors (Lipinski definition) is 1. The standard InChI is InChI=1S/C14H19ClN2O/c1-10-2-5-12(9-16-10)14(18)17-8-11-3-6-13(15)7-4-11/h2,5,9,11,13H,3-4,6-8H2,1H3,(H,17,18). The Morgan fingerprint density at radius 2 is 2.11 bits per heavy atom. The Hall–Kier alpha value is -1.09. The normalized spacial score (nSPS) is 23.7. The van der Waals surface area contributed by atoms with Crippen LogP contribution in [0.25, 0.3) is 0 Å². The number of carbonyl (C=O) groups is 1. The fourth-order valence-corrected chi connectivity index (χ4v) is 2.52. The summed E-state index contributed by atoms with van der Waals surface area (Å²) in [6, 6.07) is 3.67. The van der Waals surface area contributed by atoms with Crippen LogP contribution >= 0.6 is 11.6 Å². The summed E-state index contributed by atoms with van der Waals surface area (Å²) in [4.78, 5) is 16.0. The van der Waals surface area contributed by atoms with Crippen molar-refractivity contribution in [2.24, 2.45) is 5.92 Å². The quantitative estimate of drug-likeness (QED) is 0.855. The maximum Gasteiger partial charge on any atom is 0.252 e. The van der Waals surface area contributed by atoms with Gasteiger partial charge in [0, 0.05) is 23.8 Å². The van der Waals surface area contributed by atoms with Crippen LogP contribution < -0.4 is 5.32 Å². The van der Waals surface area contributed by atoms with E-state index >= 15 is 0 Å². The fourth-order valence-electron chi connectivity index (χ4n) is 2.27. The van der Waals surface area contributed by atoms with Gasteiger partial charge in [-0.2, -0.15) is 0 Å². The van der Waals surface area contributed by atoms with Crippen LogP contribution in [0.4, 0.5) is 0 Å². The highest BCUT2D eigenvalue weighted by Gasteiger charge is 2.20. The molecule has 1 saturated carbocycles. The van der Waals surface area contributed by atoms with E-state index in [1.807, 2.05) is 19.1 Å². The second-order valence-electron chi connectivity index (χ2n) is 5.02. The van der Waals surface area contributed by atoms with Crippen LogP contribution in [0.1, 0.15) is 41.7 Å². The van der Waals surface area contributed by atoms with E-state index in [9.17, 15) is 4.79 Å². The number of aryl methyl sites for hydroxylation is 1. The molecule has 18 heavy (non-hydrogen) atoms. The number of rotatable bonds is 3. The number of carbonyl (C=O) groups excluding carboxylic acids is 1. The average Bonchev–Trinajstić information content (AvgIpc) is 2.38. The van der Waals surface area contributed by atoms with Crippen molar-refractivity contribution in [3.05, 3.63) is 29.6 Å². The molecule has 1 amide bonds. The summed E-state index contributed by atoms with van der Waals surface area (Å²) in [6.45, 7) is 2.66. The van der Waals surface area contributed by atoms with Gasteiger partial charge in [0.25, 0.3) is 5.91 Å². The van der Waals surface area contributed by atoms with E-state index in [0.29, 0.717) is 16.9 Å². The Labute approximate surface area is 113 Å². The second kappa shape index (κ2) is 6.19. The van der Waals surface area contributed by atoms with Gasteiger partial charge < -0.3 is 5.32 Å². The van der Waals surface area contributed by atoms with Gasteiger partial charge >= 0.3 is 0 Å². The van der Waals surface area contributed by atoms with E-state index in [1.54, 1.807) is 6.20 Å². The molecule has 0 aromatic carbocycles. The van der Waals surface area contributed by atoms with Crippen molar-refractivity contribution < 1.29 is 4.79 Å². The van der Waals surface area contributed by atoms with Crippen molar-refractivity contribution in [1.82, 2.24) is 10.3 Å². The third-order valence-corrected chi connectivity index (χ3v) is 3.94. The SMILES string of the molecule is Cc1ccc(C(=O)NCC2CCC(Cl)CC2)cn1. The van der Waals surface area contributed by atoms with Crippen LogP contribution in [-0.4, -0.2) is 22.8 Å². The van der Waals surface area contributed by atoms with Crippen LogP contribution in [0, 0.1) is 12.8 Å². The molecule has 1 fully saturated rings. The Morgan fingerprint density at radius 1 is 1.39 bits per heavy atom. The lowest BCUT2D eigenvalue weighted by molar-refractivity contribution is 0.0943. The number of hydrogen-bond acceptors (Lipinski definition) is 2. The molecule has 1 aromatic heterocycles. The molecular formula is C14H19ClN2O. The van der Waals surface area contributed by atoms with Gasteiger partial charge in [-0.1, -0.05) is 0 Å². The molecule has 1 aromatic rings. The number of halogens is 1. The van der Waals surface area contributed by atoms with Crippen LogP contribution in [-0.2, 0) is 0 Å². The second-order valence-corrected chi connectivity index (χ2v) is 5.63. The van der Waals surface area contributed by atoms with E-state index in [0.717, 1.165) is 37.9 Å². The zero-order valence-corrected chi connectivity index (χ0v) is 11.4. The zero-order valence-electron chi connectivity index (χ0n) is 10.7. The van der Waals surface area contributed by atoms with Gasteiger partial charge in [-0.25, -0.2) is 0 Å². The Morgan fingerprint density at radius 3 is 2.72 bits per heavy atom. The van der Waals surface area contributed by atoms with E-state index < -0.39 is 0 Å². The summed E-state index contributed by atoms with van der Waals surface area (Å²) >= 11 is 6.06. The first-order valence-corrected chi connectivity index (χ1v) is 6.93. The van der Waals surface area contributed by atoms with Crippen molar-refractivity contribution in [3.8, 4) is 0 Å². The van der Waals surface area contributed by atoms with Gasteiger partial charge in [0.15, 0.2) is 0 Å². The summed E-state index contributed by atoms with van der Waals surface area (Å²) in [7, 11) is 0. The number of nitrogens with one attached hydrogen (secondary N) is 1. The summed E-state index contributed by atoms with van der Waals surface area (Å²) in [5.41, 5.74) is 1.55. The minimum Gasteiger partial charge on any atom is -0.352 e. The summed E-state index contributed by atoms with van der Waals surface area (Å²) in [5.74, 6) is 0.540. The van der Waals surface area contributed by atoms with Gasteiger partial charge in [0.2, 0.25) is 0 Å². The van der Waals surface area contributed by atoms with E-state index in [4.69, 9.17) is 11.6 Å². The molecule has 0 radical (unpaired) electrons. The monoisotopic (exact) mass is 266 g/mol. The van der Waals surface area contributed by atoms with E-state index in [1.165, 1.54) is 0 Å². The predicted octanol–water partition coefficient (Wildman–Crippen LogP) is 2.92. The first kappa shape index (κ1) is 13.3. The third kappa shape index (κ3) is 3.70. The molecular weight excluding hydrogens is 248 g/mol. The van der Waals surface area contributed by atoms with Crippen molar-refractivity contribution in [3.63, 3.8) is 0 Å². The largest absolute Gasteiger partial charge is 0.352 e. The molecule has 3 nitrogen and oxygen atoms in total. The number of aromatic nitrogens is 1. The van der Waals surface area contributed by atoms with E-state index in [2.05, 4.69) is 10.3 Å². The highest BCUT2D eigenvalue weighted by atomic mass is 35.5. The van der Waals surface area contributed by atoms with Gasteiger partial charge in [-0.15, -0.1) is 11.6 Å². The predicted molar refractivity (Wildman–Crippen MR) is 72.9 cm³/mol. The summed E-state index contributed by atoms with van der Waals surface area (Å²) in [5, 5.41) is 3.31. The van der Waals surface area contributed by atoms with Crippen molar-refractivity contribution in [2.45, 2.75) is 38.0 Å². The number of pyridine rings is 1. The van der Waals surface area contributed by atoms with E-state index in [-0.39, 0.29) is 5.91 Å². The van der Waals surface area contributed by atoms with Crippen LogP contribution in [0.2, 0.25) is 0 Å². The topological polar surface area (TPSA) is 42.0 Å². The first-order valence-electron chi connectivity index (χ1n) is 6.50. The van der Waals surface area contributed by atoms with Crippen molar-refractivity contribution >= 4 is 17.5 Å². The highest BCUT2D eigenvalue weighted by Crippen LogP contribution is 2.26. The molecule has 0 bridgehead atoms. The minimum atomic E-state index is -0.0319. The smallest absolute Gasteiger partial charge is 0.252 e. The zero-order chi connectivity index (χ0) is 13.0. The lowest BCUT2D eigenvalue weighted by atomic mass is 9.89.